The van der Waals surface area contributed by atoms with Gasteiger partial charge in [0.1, 0.15) is 11.5 Å². The molecule has 0 N–H and O–H groups in total. The normalized spacial score (nSPS) is 15.0. The summed E-state index contributed by atoms with van der Waals surface area (Å²) < 4.78 is 25.7. The molecule has 3 heterocycles. The van der Waals surface area contributed by atoms with Crippen molar-refractivity contribution in [1.29, 1.82) is 0 Å². The van der Waals surface area contributed by atoms with Gasteiger partial charge >= 0.3 is 0 Å². The lowest BCUT2D eigenvalue weighted by atomic mass is 9.91. The molecule has 0 saturated carbocycles. The molecule has 1 unspecified atom stereocenters. The number of aryl methyl sites for hydroxylation is 1. The topological polar surface area (TPSA) is 92.3 Å². The molecule has 4 aromatic rings. The van der Waals surface area contributed by atoms with Gasteiger partial charge in [-0.25, -0.2) is 4.99 Å². The van der Waals surface area contributed by atoms with Gasteiger partial charge in [0.25, 0.3) is 5.56 Å². The van der Waals surface area contributed by atoms with Crippen molar-refractivity contribution in [1.82, 2.24) is 4.57 Å². The summed E-state index contributed by atoms with van der Waals surface area (Å²) in [5.74, 6) is 2.38. The molecule has 5 rings (SSSR count). The molecular formula is C31H29BrN2O6S. The van der Waals surface area contributed by atoms with Crippen molar-refractivity contribution in [2.24, 2.45) is 4.99 Å². The number of ether oxygens (including phenoxy) is 3. The fraction of sp³-hybridized carbons (Fsp3) is 0.258. The molecule has 1 atom stereocenters. The number of carbonyl (C=O) groups is 1. The molecule has 8 nitrogen and oxygen atoms in total. The summed E-state index contributed by atoms with van der Waals surface area (Å²) in [6, 6.07) is 12.5. The summed E-state index contributed by atoms with van der Waals surface area (Å²) in [6.45, 7) is 5.61. The molecule has 0 bridgehead atoms. The Hall–Kier alpha value is -3.89. The third-order valence-electron chi connectivity index (χ3n) is 6.94. The second kappa shape index (κ2) is 11.5. The molecule has 212 valence electrons. The van der Waals surface area contributed by atoms with Crippen molar-refractivity contribution >= 4 is 39.1 Å². The SMILES string of the molecule is CCC(=O)C1=C(C)N=c2s/c(=C\c3ccc(-c4ccc(C)cc4Br)o3)c(=O)n2C1c1cc(OC)c(OC)c(OC)c1. The van der Waals surface area contributed by atoms with Crippen LogP contribution in [-0.4, -0.2) is 31.7 Å². The van der Waals surface area contributed by atoms with E-state index in [0.29, 0.717) is 54.9 Å². The highest BCUT2D eigenvalue weighted by Gasteiger charge is 2.33. The van der Waals surface area contributed by atoms with Gasteiger partial charge in [-0.05, 0) is 61.4 Å². The summed E-state index contributed by atoms with van der Waals surface area (Å²) in [7, 11) is 4.58. The first-order valence-electron chi connectivity index (χ1n) is 12.9. The Bertz CT molecular complexity index is 1860. The van der Waals surface area contributed by atoms with Gasteiger partial charge in [-0.2, -0.15) is 0 Å². The minimum Gasteiger partial charge on any atom is -0.493 e. The lowest BCUT2D eigenvalue weighted by Gasteiger charge is -2.26. The van der Waals surface area contributed by atoms with Gasteiger partial charge in [0.15, 0.2) is 22.1 Å². The van der Waals surface area contributed by atoms with Gasteiger partial charge in [0, 0.05) is 33.8 Å². The van der Waals surface area contributed by atoms with E-state index < -0.39 is 6.04 Å². The van der Waals surface area contributed by atoms with Gasteiger partial charge in [0.2, 0.25) is 5.75 Å². The Kier molecular flexibility index (Phi) is 8.06. The van der Waals surface area contributed by atoms with Crippen LogP contribution in [0.15, 0.2) is 72.4 Å². The maximum atomic E-state index is 14.0. The van der Waals surface area contributed by atoms with E-state index in [4.69, 9.17) is 18.6 Å². The zero-order valence-electron chi connectivity index (χ0n) is 23.5. The van der Waals surface area contributed by atoms with Crippen LogP contribution in [-0.2, 0) is 4.79 Å². The molecule has 0 saturated heterocycles. The smallest absolute Gasteiger partial charge is 0.271 e. The quantitative estimate of drug-likeness (QED) is 0.251. The molecule has 0 spiro atoms. The van der Waals surface area contributed by atoms with Crippen molar-refractivity contribution in [3.8, 4) is 28.6 Å². The molecule has 2 aromatic carbocycles. The number of fused-ring (bicyclic) bond motifs is 1. The van der Waals surface area contributed by atoms with Gasteiger partial charge in [-0.1, -0.05) is 40.3 Å². The summed E-state index contributed by atoms with van der Waals surface area (Å²) >= 11 is 4.85. The van der Waals surface area contributed by atoms with Crippen LogP contribution < -0.4 is 29.1 Å². The molecule has 0 radical (unpaired) electrons. The summed E-state index contributed by atoms with van der Waals surface area (Å²) in [5.41, 5.74) is 3.42. The number of halogens is 1. The van der Waals surface area contributed by atoms with E-state index in [2.05, 4.69) is 20.9 Å². The van der Waals surface area contributed by atoms with Crippen LogP contribution in [0.5, 0.6) is 17.2 Å². The molecule has 0 amide bonds. The van der Waals surface area contributed by atoms with Gasteiger partial charge < -0.3 is 18.6 Å². The summed E-state index contributed by atoms with van der Waals surface area (Å²) in [6.07, 6.45) is 1.97. The van der Waals surface area contributed by atoms with Gasteiger partial charge in [-0.15, -0.1) is 0 Å². The Labute approximate surface area is 249 Å². The first-order valence-corrected chi connectivity index (χ1v) is 14.5. The largest absolute Gasteiger partial charge is 0.493 e. The molecular weight excluding hydrogens is 608 g/mol. The molecule has 1 aliphatic heterocycles. The standard InChI is InChI=1S/C31H29BrN2O6S/c1-7-22(35)27-17(3)33-31-34(28(27)18-13-24(37-4)29(39-6)25(14-18)38-5)30(36)26(41-31)15-19-9-11-23(40-19)20-10-8-16(2)12-21(20)32/h8-15,28H,7H2,1-6H3/b26-15-. The third-order valence-corrected chi connectivity index (χ3v) is 8.58. The summed E-state index contributed by atoms with van der Waals surface area (Å²) in [5, 5.41) is 0. The highest BCUT2D eigenvalue weighted by Crippen LogP contribution is 2.42. The molecule has 2 aromatic heterocycles. The van der Waals surface area contributed by atoms with Gasteiger partial charge in [-0.3, -0.25) is 14.2 Å². The first kappa shape index (κ1) is 28.6. The molecule has 0 fully saturated rings. The van der Waals surface area contributed by atoms with Crippen LogP contribution in [0, 0.1) is 6.92 Å². The number of thiazole rings is 1. The fourth-order valence-electron chi connectivity index (χ4n) is 4.97. The predicted molar refractivity (Wildman–Crippen MR) is 162 cm³/mol. The highest BCUT2D eigenvalue weighted by molar-refractivity contribution is 9.10. The average molecular weight is 638 g/mol. The van der Waals surface area contributed by atoms with Crippen LogP contribution in [0.1, 0.15) is 43.2 Å². The van der Waals surface area contributed by atoms with Gasteiger partial charge in [0.05, 0.1) is 31.9 Å². The van der Waals surface area contributed by atoms with E-state index in [-0.39, 0.29) is 17.8 Å². The number of hydrogen-bond donors (Lipinski definition) is 0. The number of aromatic nitrogens is 1. The van der Waals surface area contributed by atoms with Crippen LogP contribution >= 0.6 is 27.3 Å². The number of Topliss-reactive ketones (excluding diaryl/α,β-unsaturated/α-hetero) is 1. The van der Waals surface area contributed by atoms with Crippen molar-refractivity contribution in [2.45, 2.75) is 33.2 Å². The van der Waals surface area contributed by atoms with Crippen molar-refractivity contribution in [3.63, 3.8) is 0 Å². The number of allylic oxidation sites excluding steroid dienone is 2. The predicted octanol–water partition coefficient (Wildman–Crippen LogP) is 5.57. The zero-order valence-corrected chi connectivity index (χ0v) is 25.9. The third kappa shape index (κ3) is 5.17. The van der Waals surface area contributed by atoms with Crippen molar-refractivity contribution in [2.75, 3.05) is 21.3 Å². The molecule has 0 aliphatic carbocycles. The molecule has 10 heteroatoms. The average Bonchev–Trinajstić information content (AvgIpc) is 3.54. The van der Waals surface area contributed by atoms with E-state index >= 15 is 0 Å². The number of carbonyl (C=O) groups excluding carboxylic acids is 1. The van der Waals surface area contributed by atoms with Crippen LogP contribution in [0.4, 0.5) is 0 Å². The first-order chi connectivity index (χ1) is 19.7. The number of rotatable bonds is 8. The maximum absolute atomic E-state index is 14.0. The molecule has 41 heavy (non-hydrogen) atoms. The minimum atomic E-state index is -0.731. The van der Waals surface area contributed by atoms with Crippen molar-refractivity contribution in [3.05, 3.63) is 94.8 Å². The number of nitrogens with zero attached hydrogens (tertiary/aromatic N) is 2. The number of ketones is 1. The van der Waals surface area contributed by atoms with E-state index in [1.54, 1.807) is 36.6 Å². The number of furan rings is 1. The second-order valence-corrected chi connectivity index (χ2v) is 11.4. The number of hydrogen-bond acceptors (Lipinski definition) is 8. The lowest BCUT2D eigenvalue weighted by Crippen LogP contribution is -2.39. The van der Waals surface area contributed by atoms with Crippen LogP contribution in [0.25, 0.3) is 17.4 Å². The van der Waals surface area contributed by atoms with E-state index in [1.165, 1.54) is 32.7 Å². The Morgan fingerprint density at radius 2 is 1.78 bits per heavy atom. The van der Waals surface area contributed by atoms with Crippen molar-refractivity contribution < 1.29 is 23.4 Å². The lowest BCUT2D eigenvalue weighted by molar-refractivity contribution is -0.115. The molecule has 1 aliphatic rings. The van der Waals surface area contributed by atoms with Crippen LogP contribution in [0.3, 0.4) is 0 Å². The highest BCUT2D eigenvalue weighted by atomic mass is 79.9. The number of methoxy groups -OCH3 is 3. The Morgan fingerprint density at radius 1 is 1.07 bits per heavy atom. The monoisotopic (exact) mass is 636 g/mol. The van der Waals surface area contributed by atoms with E-state index in [9.17, 15) is 9.59 Å². The van der Waals surface area contributed by atoms with E-state index in [1.807, 2.05) is 37.3 Å². The number of benzene rings is 2. The van der Waals surface area contributed by atoms with Crippen LogP contribution in [0.2, 0.25) is 0 Å². The Balaban J connectivity index is 1.69. The minimum absolute atomic E-state index is 0.0985. The maximum Gasteiger partial charge on any atom is 0.271 e. The zero-order chi connectivity index (χ0) is 29.4. The fourth-order valence-corrected chi connectivity index (χ4v) is 6.68. The summed E-state index contributed by atoms with van der Waals surface area (Å²) in [4.78, 5) is 32.4. The van der Waals surface area contributed by atoms with E-state index in [0.717, 1.165) is 15.6 Å². The Morgan fingerprint density at radius 3 is 2.39 bits per heavy atom. The second-order valence-electron chi connectivity index (χ2n) is 9.50.